The van der Waals surface area contributed by atoms with Crippen molar-refractivity contribution in [2.45, 2.75) is 58.3 Å². The van der Waals surface area contributed by atoms with Crippen LogP contribution < -0.4 is 10.1 Å². The quantitative estimate of drug-likeness (QED) is 0.249. The lowest BCUT2D eigenvalue weighted by atomic mass is 9.87. The average Bonchev–Trinajstić information content (AvgIpc) is 2.91. The first-order chi connectivity index (χ1) is 18.4. The van der Waals surface area contributed by atoms with Crippen molar-refractivity contribution in [3.05, 3.63) is 131 Å². The predicted octanol–water partition coefficient (Wildman–Crippen LogP) is 7.76. The van der Waals surface area contributed by atoms with Gasteiger partial charge in [0.25, 0.3) is 0 Å². The molecule has 0 radical (unpaired) electrons. The van der Waals surface area contributed by atoms with E-state index in [0.29, 0.717) is 13.2 Å². The lowest BCUT2D eigenvalue weighted by molar-refractivity contribution is -0.170. The van der Waals surface area contributed by atoms with E-state index in [1.54, 1.807) is 6.07 Å². The minimum absolute atomic E-state index is 0.251. The van der Waals surface area contributed by atoms with Gasteiger partial charge in [-0.1, -0.05) is 72.3 Å². The Labute approximate surface area is 224 Å². The van der Waals surface area contributed by atoms with Crippen LogP contribution in [0.15, 0.2) is 97.1 Å². The summed E-state index contributed by atoms with van der Waals surface area (Å²) in [4.78, 5) is 0. The number of halogens is 1. The molecule has 5 heteroatoms. The Kier molecular flexibility index (Phi) is 7.77. The molecule has 0 bridgehead atoms. The number of benzene rings is 4. The van der Waals surface area contributed by atoms with E-state index in [2.05, 4.69) is 42.6 Å². The van der Waals surface area contributed by atoms with Crippen molar-refractivity contribution in [1.29, 1.82) is 0 Å². The minimum atomic E-state index is -0.668. The van der Waals surface area contributed by atoms with E-state index in [4.69, 9.17) is 14.2 Å². The summed E-state index contributed by atoms with van der Waals surface area (Å²) in [6.45, 7) is 7.50. The predicted molar refractivity (Wildman–Crippen MR) is 149 cm³/mol. The van der Waals surface area contributed by atoms with Crippen LogP contribution in [-0.4, -0.2) is 11.7 Å². The molecule has 1 aliphatic rings. The molecule has 2 atom stereocenters. The Morgan fingerprint density at radius 3 is 2.29 bits per heavy atom. The van der Waals surface area contributed by atoms with Crippen molar-refractivity contribution in [3.63, 3.8) is 0 Å². The first-order valence-electron chi connectivity index (χ1n) is 13.0. The van der Waals surface area contributed by atoms with E-state index < -0.39 is 11.7 Å². The van der Waals surface area contributed by atoms with Gasteiger partial charge in [-0.25, -0.2) is 4.39 Å². The third-order valence-electron chi connectivity index (χ3n) is 6.86. The van der Waals surface area contributed by atoms with Gasteiger partial charge in [0.15, 0.2) is 0 Å². The molecule has 0 aliphatic carbocycles. The number of ether oxygens (including phenoxy) is 3. The average molecular weight is 512 g/mol. The van der Waals surface area contributed by atoms with Crippen LogP contribution in [0.25, 0.3) is 0 Å². The van der Waals surface area contributed by atoms with Crippen molar-refractivity contribution in [1.82, 2.24) is 0 Å². The molecular weight excluding hydrogens is 477 g/mol. The molecule has 38 heavy (non-hydrogen) atoms. The molecule has 1 N–H and O–H groups in total. The molecule has 196 valence electrons. The van der Waals surface area contributed by atoms with Crippen molar-refractivity contribution in [2.24, 2.45) is 0 Å². The summed E-state index contributed by atoms with van der Waals surface area (Å²) < 4.78 is 33.3. The van der Waals surface area contributed by atoms with Gasteiger partial charge >= 0.3 is 0 Å². The van der Waals surface area contributed by atoms with Crippen LogP contribution in [0.3, 0.4) is 0 Å². The van der Waals surface area contributed by atoms with Gasteiger partial charge in [0.05, 0.1) is 13.2 Å². The smallest absolute Gasteiger partial charge is 0.132 e. The van der Waals surface area contributed by atoms with E-state index in [0.717, 1.165) is 28.1 Å². The second-order valence-corrected chi connectivity index (χ2v) is 10.4. The lowest BCUT2D eigenvalue weighted by Crippen LogP contribution is -2.50. The summed E-state index contributed by atoms with van der Waals surface area (Å²) in [5, 5.41) is 3.53. The summed E-state index contributed by atoms with van der Waals surface area (Å²) in [5.41, 5.74) is 5.53. The molecule has 4 aromatic carbocycles. The van der Waals surface area contributed by atoms with Crippen LogP contribution in [0.5, 0.6) is 5.75 Å². The number of fused-ring (bicyclic) bond motifs is 1. The van der Waals surface area contributed by atoms with Gasteiger partial charge in [-0.15, -0.1) is 0 Å². The van der Waals surface area contributed by atoms with Crippen LogP contribution >= 0.6 is 0 Å². The molecule has 2 unspecified atom stereocenters. The van der Waals surface area contributed by atoms with Crippen molar-refractivity contribution in [2.75, 3.05) is 5.32 Å². The fourth-order valence-corrected chi connectivity index (χ4v) is 4.79. The lowest BCUT2D eigenvalue weighted by Gasteiger charge is -2.44. The van der Waals surface area contributed by atoms with Crippen LogP contribution in [0.1, 0.15) is 47.8 Å². The Balaban J connectivity index is 1.42. The molecule has 0 aromatic heterocycles. The maximum Gasteiger partial charge on any atom is 0.132 e. The normalized spacial score (nSPS) is 17.9. The summed E-state index contributed by atoms with van der Waals surface area (Å²) >= 11 is 0. The molecule has 5 rings (SSSR count). The summed E-state index contributed by atoms with van der Waals surface area (Å²) in [6.07, 6.45) is -0.807. The maximum atomic E-state index is 13.8. The van der Waals surface area contributed by atoms with E-state index in [1.165, 1.54) is 23.3 Å². The molecule has 0 fully saturated rings. The minimum Gasteiger partial charge on any atom is -0.485 e. The maximum absolute atomic E-state index is 13.8. The SMILES string of the molecule is Cc1ccc(CNc2ccc3c(c2)C(OCc2ccccc2)C(OCc2cccc(F)c2)C(C)(C)O3)cc1. The Morgan fingerprint density at radius 1 is 0.789 bits per heavy atom. The number of rotatable bonds is 9. The number of anilines is 1. The van der Waals surface area contributed by atoms with E-state index in [1.807, 2.05) is 62.4 Å². The Morgan fingerprint density at radius 2 is 1.53 bits per heavy atom. The molecule has 0 saturated carbocycles. The highest BCUT2D eigenvalue weighted by Crippen LogP contribution is 2.45. The fourth-order valence-electron chi connectivity index (χ4n) is 4.79. The Bertz CT molecular complexity index is 1350. The number of hydrogen-bond acceptors (Lipinski definition) is 4. The molecule has 1 aliphatic heterocycles. The second-order valence-electron chi connectivity index (χ2n) is 10.4. The molecule has 1 heterocycles. The van der Waals surface area contributed by atoms with Gasteiger partial charge in [-0.2, -0.15) is 0 Å². The largest absolute Gasteiger partial charge is 0.485 e. The molecule has 0 spiro atoms. The van der Waals surface area contributed by atoms with Crippen molar-refractivity contribution >= 4 is 5.69 Å². The zero-order valence-electron chi connectivity index (χ0n) is 22.1. The van der Waals surface area contributed by atoms with E-state index in [-0.39, 0.29) is 18.5 Å². The second kappa shape index (κ2) is 11.4. The highest BCUT2D eigenvalue weighted by molar-refractivity contribution is 5.54. The van der Waals surface area contributed by atoms with Gasteiger partial charge in [0, 0.05) is 17.8 Å². The third-order valence-corrected chi connectivity index (χ3v) is 6.86. The van der Waals surface area contributed by atoms with Crippen molar-refractivity contribution in [3.8, 4) is 5.75 Å². The number of nitrogens with one attached hydrogen (secondary N) is 1. The zero-order chi connectivity index (χ0) is 26.5. The highest BCUT2D eigenvalue weighted by atomic mass is 19.1. The molecular formula is C33H34FNO3. The first-order valence-corrected chi connectivity index (χ1v) is 13.0. The van der Waals surface area contributed by atoms with Crippen LogP contribution in [0, 0.1) is 12.7 Å². The van der Waals surface area contributed by atoms with Crippen LogP contribution in [0.2, 0.25) is 0 Å². The standard InChI is InChI=1S/C33H34FNO3/c1-23-12-14-24(15-13-23)20-35-28-16-17-30-29(19-28)31(36-21-25-8-5-4-6-9-25)32(33(2,3)38-30)37-22-26-10-7-11-27(34)18-26/h4-19,31-32,35H,20-22H2,1-3H3. The summed E-state index contributed by atoms with van der Waals surface area (Å²) in [5.74, 6) is 0.497. The van der Waals surface area contributed by atoms with Gasteiger partial charge in [-0.3, -0.25) is 0 Å². The van der Waals surface area contributed by atoms with Crippen LogP contribution in [0.4, 0.5) is 10.1 Å². The molecule has 0 saturated heterocycles. The zero-order valence-corrected chi connectivity index (χ0v) is 22.1. The number of aryl methyl sites for hydroxylation is 1. The van der Waals surface area contributed by atoms with Gasteiger partial charge < -0.3 is 19.5 Å². The fraction of sp³-hybridized carbons (Fsp3) is 0.273. The van der Waals surface area contributed by atoms with Gasteiger partial charge in [0.1, 0.15) is 29.4 Å². The Hall–Kier alpha value is -3.67. The number of hydrogen-bond donors (Lipinski definition) is 1. The first kappa shape index (κ1) is 26.0. The molecule has 4 aromatic rings. The topological polar surface area (TPSA) is 39.7 Å². The molecule has 0 amide bonds. The highest BCUT2D eigenvalue weighted by Gasteiger charge is 2.45. The van der Waals surface area contributed by atoms with Gasteiger partial charge in [0.2, 0.25) is 0 Å². The molecule has 4 nitrogen and oxygen atoms in total. The van der Waals surface area contributed by atoms with E-state index in [9.17, 15) is 4.39 Å². The summed E-state index contributed by atoms with van der Waals surface area (Å²) in [6, 6.07) is 31.2. The van der Waals surface area contributed by atoms with E-state index >= 15 is 0 Å². The van der Waals surface area contributed by atoms with Crippen molar-refractivity contribution < 1.29 is 18.6 Å². The third kappa shape index (κ3) is 6.24. The van der Waals surface area contributed by atoms with Gasteiger partial charge in [-0.05, 0) is 67.8 Å². The summed E-state index contributed by atoms with van der Waals surface area (Å²) in [7, 11) is 0. The monoisotopic (exact) mass is 511 g/mol. The van der Waals surface area contributed by atoms with Crippen LogP contribution in [-0.2, 0) is 29.2 Å².